The number of rotatable bonds is 3. The second-order valence-corrected chi connectivity index (χ2v) is 6.91. The lowest BCUT2D eigenvalue weighted by molar-refractivity contribution is 0.0697. The Morgan fingerprint density at radius 2 is 1.95 bits per heavy atom. The van der Waals surface area contributed by atoms with Gasteiger partial charge in [-0.15, -0.1) is 0 Å². The number of aromatic carboxylic acids is 1. The van der Waals surface area contributed by atoms with Crippen molar-refractivity contribution >= 4 is 66.0 Å². The van der Waals surface area contributed by atoms with Crippen LogP contribution in [0.5, 0.6) is 0 Å². The molecule has 104 valence electrons. The Bertz CT molecular complexity index is 675. The van der Waals surface area contributed by atoms with E-state index in [1.165, 1.54) is 23.5 Å². The highest BCUT2D eigenvalue weighted by atomic mass is 79.9. The van der Waals surface area contributed by atoms with Crippen molar-refractivity contribution in [3.8, 4) is 0 Å². The highest BCUT2D eigenvalue weighted by molar-refractivity contribution is 9.11. The number of carbonyl (C=O) groups is 2. The summed E-state index contributed by atoms with van der Waals surface area (Å²) in [7, 11) is 0. The average molecular weight is 421 g/mol. The van der Waals surface area contributed by atoms with Crippen LogP contribution < -0.4 is 10.6 Å². The van der Waals surface area contributed by atoms with Gasteiger partial charge in [0.1, 0.15) is 0 Å². The van der Waals surface area contributed by atoms with Gasteiger partial charge in [0.25, 0.3) is 0 Å². The van der Waals surface area contributed by atoms with Gasteiger partial charge in [0.15, 0.2) is 5.13 Å². The van der Waals surface area contributed by atoms with Gasteiger partial charge in [-0.3, -0.25) is 5.32 Å². The minimum Gasteiger partial charge on any atom is -0.478 e. The van der Waals surface area contributed by atoms with Gasteiger partial charge in [0.2, 0.25) is 0 Å². The first-order valence-corrected chi connectivity index (χ1v) is 7.57. The van der Waals surface area contributed by atoms with E-state index in [4.69, 9.17) is 5.11 Å². The summed E-state index contributed by atoms with van der Waals surface area (Å²) < 4.78 is 1.35. The van der Waals surface area contributed by atoms with Crippen LogP contribution in [0.25, 0.3) is 0 Å². The number of carboxylic acid groups (broad SMARTS) is 1. The third-order valence-corrected chi connectivity index (χ3v) is 3.95. The highest BCUT2D eigenvalue weighted by Gasteiger charge is 2.09. The number of carboxylic acids is 1. The van der Waals surface area contributed by atoms with E-state index in [0.29, 0.717) is 15.3 Å². The van der Waals surface area contributed by atoms with Crippen LogP contribution in [0.1, 0.15) is 10.4 Å². The minimum absolute atomic E-state index is 0.0756. The number of hydrogen-bond donors (Lipinski definition) is 3. The Hall–Kier alpha value is -1.45. The molecule has 6 nitrogen and oxygen atoms in total. The zero-order chi connectivity index (χ0) is 14.7. The molecule has 0 atom stereocenters. The number of benzene rings is 1. The second-order valence-electron chi connectivity index (χ2n) is 3.58. The average Bonchev–Trinajstić information content (AvgIpc) is 2.73. The van der Waals surface area contributed by atoms with Gasteiger partial charge in [-0.25, -0.2) is 14.6 Å². The molecule has 1 heterocycles. The van der Waals surface area contributed by atoms with Crippen molar-refractivity contribution in [3.05, 3.63) is 38.2 Å². The largest absolute Gasteiger partial charge is 0.478 e. The summed E-state index contributed by atoms with van der Waals surface area (Å²) in [6.07, 6.45) is 1.57. The first-order chi connectivity index (χ1) is 9.44. The third kappa shape index (κ3) is 4.02. The SMILES string of the molecule is O=C(Nc1cc(Br)cc(C(=O)O)c1)Nc1ncc(Br)s1. The smallest absolute Gasteiger partial charge is 0.335 e. The predicted molar refractivity (Wildman–Crippen MR) is 83.6 cm³/mol. The van der Waals surface area contributed by atoms with Crippen LogP contribution in [0.4, 0.5) is 15.6 Å². The van der Waals surface area contributed by atoms with E-state index >= 15 is 0 Å². The van der Waals surface area contributed by atoms with Crippen LogP contribution in [-0.2, 0) is 0 Å². The van der Waals surface area contributed by atoms with Crippen LogP contribution >= 0.6 is 43.2 Å². The van der Waals surface area contributed by atoms with Gasteiger partial charge in [-0.05, 0) is 34.1 Å². The number of aromatic nitrogens is 1. The van der Waals surface area contributed by atoms with E-state index in [9.17, 15) is 9.59 Å². The van der Waals surface area contributed by atoms with E-state index in [2.05, 4.69) is 47.5 Å². The fourth-order valence-electron chi connectivity index (χ4n) is 1.36. The zero-order valence-electron chi connectivity index (χ0n) is 9.68. The number of amides is 2. The summed E-state index contributed by atoms with van der Waals surface area (Å²) in [4.78, 5) is 26.6. The van der Waals surface area contributed by atoms with Gasteiger partial charge < -0.3 is 10.4 Å². The first-order valence-electron chi connectivity index (χ1n) is 5.17. The standard InChI is InChI=1S/C11H7Br2N3O3S/c12-6-1-5(9(17)18)2-7(3-6)15-10(19)16-11-14-4-8(13)20-11/h1-4H,(H,17,18)(H2,14,15,16,19). The van der Waals surface area contributed by atoms with Crippen molar-refractivity contribution in [2.75, 3.05) is 10.6 Å². The number of anilines is 2. The fraction of sp³-hybridized carbons (Fsp3) is 0. The molecule has 0 fully saturated rings. The van der Waals surface area contributed by atoms with Crippen LogP contribution in [0.2, 0.25) is 0 Å². The van der Waals surface area contributed by atoms with Gasteiger partial charge >= 0.3 is 12.0 Å². The predicted octanol–water partition coefficient (Wildman–Crippen LogP) is 4.01. The van der Waals surface area contributed by atoms with E-state index in [1.54, 1.807) is 12.3 Å². The summed E-state index contributed by atoms with van der Waals surface area (Å²) in [5, 5.41) is 14.5. The number of hydrogen-bond acceptors (Lipinski definition) is 4. The molecule has 0 bridgehead atoms. The molecular weight excluding hydrogens is 414 g/mol. The van der Waals surface area contributed by atoms with Gasteiger partial charge in [0.05, 0.1) is 15.5 Å². The van der Waals surface area contributed by atoms with Crippen LogP contribution in [0, 0.1) is 0 Å². The van der Waals surface area contributed by atoms with E-state index < -0.39 is 12.0 Å². The van der Waals surface area contributed by atoms with Crippen molar-refractivity contribution in [1.82, 2.24) is 4.98 Å². The molecular formula is C11H7Br2N3O3S. The summed E-state index contributed by atoms with van der Waals surface area (Å²) in [6, 6.07) is 3.92. The lowest BCUT2D eigenvalue weighted by atomic mass is 10.2. The maximum atomic E-state index is 11.7. The number of urea groups is 1. The van der Waals surface area contributed by atoms with Crippen molar-refractivity contribution < 1.29 is 14.7 Å². The summed E-state index contributed by atoms with van der Waals surface area (Å²) in [5.41, 5.74) is 0.441. The van der Waals surface area contributed by atoms with Gasteiger partial charge in [0, 0.05) is 10.2 Å². The van der Waals surface area contributed by atoms with Gasteiger partial charge in [-0.2, -0.15) is 0 Å². The van der Waals surface area contributed by atoms with Crippen molar-refractivity contribution in [1.29, 1.82) is 0 Å². The molecule has 1 aromatic heterocycles. The minimum atomic E-state index is -1.07. The molecule has 0 aliphatic rings. The second kappa shape index (κ2) is 6.33. The molecule has 2 aromatic rings. The molecule has 0 aliphatic heterocycles. The summed E-state index contributed by atoms with van der Waals surface area (Å²) in [5.74, 6) is -1.07. The topological polar surface area (TPSA) is 91.3 Å². The quantitative estimate of drug-likeness (QED) is 0.699. The number of thiazole rings is 1. The van der Waals surface area contributed by atoms with Crippen LogP contribution in [0.15, 0.2) is 32.7 Å². The lowest BCUT2D eigenvalue weighted by Gasteiger charge is -2.07. The van der Waals surface area contributed by atoms with Crippen molar-refractivity contribution in [2.24, 2.45) is 0 Å². The molecule has 3 N–H and O–H groups in total. The molecule has 0 saturated carbocycles. The van der Waals surface area contributed by atoms with E-state index in [0.717, 1.165) is 3.79 Å². The summed E-state index contributed by atoms with van der Waals surface area (Å²) >= 11 is 7.69. The Morgan fingerprint density at radius 1 is 1.20 bits per heavy atom. The Balaban J connectivity index is 2.09. The van der Waals surface area contributed by atoms with Crippen LogP contribution in [0.3, 0.4) is 0 Å². The molecule has 0 unspecified atom stereocenters. The third-order valence-electron chi connectivity index (χ3n) is 2.10. The Labute approximate surface area is 134 Å². The summed E-state index contributed by atoms with van der Waals surface area (Å²) in [6.45, 7) is 0. The monoisotopic (exact) mass is 419 g/mol. The maximum absolute atomic E-state index is 11.7. The van der Waals surface area contributed by atoms with E-state index in [1.807, 2.05) is 0 Å². The number of halogens is 2. The molecule has 2 amide bonds. The van der Waals surface area contributed by atoms with Crippen LogP contribution in [-0.4, -0.2) is 22.1 Å². The molecule has 20 heavy (non-hydrogen) atoms. The molecule has 0 aliphatic carbocycles. The molecule has 2 rings (SSSR count). The zero-order valence-corrected chi connectivity index (χ0v) is 13.7. The number of carbonyl (C=O) groups excluding carboxylic acids is 1. The van der Waals surface area contributed by atoms with Gasteiger partial charge in [-0.1, -0.05) is 27.3 Å². The molecule has 0 spiro atoms. The first kappa shape index (κ1) is 14.9. The fourth-order valence-corrected chi connectivity index (χ4v) is 2.95. The molecule has 0 radical (unpaired) electrons. The Morgan fingerprint density at radius 3 is 2.55 bits per heavy atom. The lowest BCUT2D eigenvalue weighted by Crippen LogP contribution is -2.19. The molecule has 1 aromatic carbocycles. The van der Waals surface area contributed by atoms with Crippen molar-refractivity contribution in [3.63, 3.8) is 0 Å². The normalized spacial score (nSPS) is 10.1. The Kier molecular flexibility index (Phi) is 4.73. The number of nitrogens with one attached hydrogen (secondary N) is 2. The highest BCUT2D eigenvalue weighted by Crippen LogP contribution is 2.24. The van der Waals surface area contributed by atoms with E-state index in [-0.39, 0.29) is 5.56 Å². The maximum Gasteiger partial charge on any atom is 0.335 e. The number of nitrogens with zero attached hydrogens (tertiary/aromatic N) is 1. The molecule has 0 saturated heterocycles. The van der Waals surface area contributed by atoms with Crippen molar-refractivity contribution in [2.45, 2.75) is 0 Å². The molecule has 9 heteroatoms.